The molecule has 3 aromatic heterocycles. The number of aromatic nitrogens is 5. The molecule has 1 saturated carbocycles. The minimum absolute atomic E-state index is 0.176. The molecule has 0 spiro atoms. The van der Waals surface area contributed by atoms with Crippen LogP contribution in [0.1, 0.15) is 70.9 Å². The number of likely N-dealkylation sites (tertiary alicyclic amines) is 1. The minimum atomic E-state index is -0.429. The maximum Gasteiger partial charge on any atom is 0.410 e. The molecule has 2 aliphatic rings. The van der Waals surface area contributed by atoms with E-state index in [2.05, 4.69) is 31.7 Å². The largest absolute Gasteiger partial charge is 0.444 e. The number of aromatic amines is 1. The number of carbonyl (C=O) groups is 1. The molecule has 184 valence electrons. The van der Waals surface area contributed by atoms with Gasteiger partial charge in [-0.05, 0) is 90.3 Å². The van der Waals surface area contributed by atoms with Crippen LogP contribution < -0.4 is 5.32 Å². The molecule has 0 atom stereocenters. The second-order valence-corrected chi connectivity index (χ2v) is 11.0. The minimum Gasteiger partial charge on any atom is -0.444 e. The van der Waals surface area contributed by atoms with Gasteiger partial charge in [-0.1, -0.05) is 5.21 Å². The molecule has 0 unspecified atom stereocenters. The Balaban J connectivity index is 1.06. The van der Waals surface area contributed by atoms with E-state index < -0.39 is 5.60 Å². The van der Waals surface area contributed by atoms with Crippen molar-refractivity contribution >= 4 is 22.6 Å². The molecule has 1 aliphatic carbocycles. The fourth-order valence-electron chi connectivity index (χ4n) is 5.47. The fraction of sp³-hybridized carbons (Fsp3) is 0.680. The van der Waals surface area contributed by atoms with Gasteiger partial charge in [0.25, 0.3) is 0 Å². The molecule has 0 bridgehead atoms. The number of piperidine rings is 1. The predicted octanol–water partition coefficient (Wildman–Crippen LogP) is 4.12. The highest BCUT2D eigenvalue weighted by Gasteiger charge is 2.28. The molecule has 2 fully saturated rings. The third kappa shape index (κ3) is 5.04. The number of fused-ring (bicyclic) bond motifs is 3. The van der Waals surface area contributed by atoms with Gasteiger partial charge in [-0.3, -0.25) is 0 Å². The van der Waals surface area contributed by atoms with E-state index in [0.29, 0.717) is 17.8 Å². The lowest BCUT2D eigenvalue weighted by Gasteiger charge is -2.34. The number of carbonyl (C=O) groups excluding carboxylic acids is 1. The van der Waals surface area contributed by atoms with Gasteiger partial charge in [0, 0.05) is 30.6 Å². The van der Waals surface area contributed by atoms with Gasteiger partial charge in [-0.15, -0.1) is 5.10 Å². The van der Waals surface area contributed by atoms with Crippen LogP contribution in [0.5, 0.6) is 0 Å². The summed E-state index contributed by atoms with van der Waals surface area (Å²) in [6.45, 7) is 9.46. The lowest BCUT2D eigenvalue weighted by molar-refractivity contribution is 0.0184. The summed E-state index contributed by atoms with van der Waals surface area (Å²) in [6.07, 6.45) is 10.3. The van der Waals surface area contributed by atoms with E-state index in [9.17, 15) is 4.79 Å². The molecule has 4 heterocycles. The van der Waals surface area contributed by atoms with Gasteiger partial charge in [0.2, 0.25) is 0 Å². The summed E-state index contributed by atoms with van der Waals surface area (Å²) in [4.78, 5) is 21.7. The zero-order valence-electron chi connectivity index (χ0n) is 20.6. The summed E-state index contributed by atoms with van der Waals surface area (Å²) in [5.74, 6) is 1.82. The highest BCUT2D eigenvalue weighted by molar-refractivity contribution is 5.92. The molecule has 5 rings (SSSR count). The van der Waals surface area contributed by atoms with Crippen LogP contribution in [0.15, 0.2) is 18.6 Å². The van der Waals surface area contributed by atoms with Crippen molar-refractivity contribution in [3.05, 3.63) is 24.3 Å². The number of nitrogens with zero attached hydrogens (tertiary/aromatic N) is 5. The zero-order valence-corrected chi connectivity index (χ0v) is 20.6. The van der Waals surface area contributed by atoms with Crippen LogP contribution in [-0.2, 0) is 4.74 Å². The van der Waals surface area contributed by atoms with E-state index in [1.807, 2.05) is 36.4 Å². The monoisotopic (exact) mass is 467 g/mol. The molecule has 1 saturated heterocycles. The van der Waals surface area contributed by atoms with Gasteiger partial charge in [-0.25, -0.2) is 14.3 Å². The van der Waals surface area contributed by atoms with Crippen molar-refractivity contribution in [2.75, 3.05) is 26.2 Å². The van der Waals surface area contributed by atoms with E-state index in [-0.39, 0.29) is 6.09 Å². The highest BCUT2D eigenvalue weighted by atomic mass is 16.6. The van der Waals surface area contributed by atoms with E-state index in [0.717, 1.165) is 74.1 Å². The Bertz CT molecular complexity index is 1120. The van der Waals surface area contributed by atoms with Gasteiger partial charge >= 0.3 is 6.09 Å². The predicted molar refractivity (Wildman–Crippen MR) is 131 cm³/mol. The Kier molecular flexibility index (Phi) is 6.46. The van der Waals surface area contributed by atoms with Crippen LogP contribution in [0, 0.1) is 11.8 Å². The van der Waals surface area contributed by atoms with Gasteiger partial charge in [0.05, 0.1) is 5.69 Å². The smallest absolute Gasteiger partial charge is 0.410 e. The third-order valence-electron chi connectivity index (χ3n) is 7.36. The Hall–Kier alpha value is -2.68. The van der Waals surface area contributed by atoms with E-state index in [1.54, 1.807) is 6.33 Å². The van der Waals surface area contributed by atoms with Crippen molar-refractivity contribution in [3.63, 3.8) is 0 Å². The molecule has 0 aromatic carbocycles. The molecule has 1 amide bonds. The number of H-pyrrole nitrogens is 1. The van der Waals surface area contributed by atoms with Crippen LogP contribution >= 0.6 is 0 Å². The summed E-state index contributed by atoms with van der Waals surface area (Å²) >= 11 is 0. The summed E-state index contributed by atoms with van der Waals surface area (Å²) in [5.41, 5.74) is 2.69. The average molecular weight is 468 g/mol. The number of amides is 1. The van der Waals surface area contributed by atoms with Crippen molar-refractivity contribution in [1.29, 1.82) is 0 Å². The third-order valence-corrected chi connectivity index (χ3v) is 7.36. The van der Waals surface area contributed by atoms with Gasteiger partial charge in [0.1, 0.15) is 23.1 Å². The molecule has 34 heavy (non-hydrogen) atoms. The van der Waals surface area contributed by atoms with Gasteiger partial charge in [0.15, 0.2) is 0 Å². The maximum absolute atomic E-state index is 12.2. The zero-order chi connectivity index (χ0) is 23.7. The second kappa shape index (κ2) is 9.52. The highest BCUT2D eigenvalue weighted by Crippen LogP contribution is 2.37. The lowest BCUT2D eigenvalue weighted by atomic mass is 9.80. The molecule has 0 radical (unpaired) electrons. The normalized spacial score (nSPS) is 22.5. The molecule has 3 aromatic rings. The topological polar surface area (TPSA) is 100 Å². The van der Waals surface area contributed by atoms with E-state index >= 15 is 0 Å². The maximum atomic E-state index is 12.2. The average Bonchev–Trinajstić information content (AvgIpc) is 3.45. The number of ether oxygens (including phenoxy) is 1. The van der Waals surface area contributed by atoms with Crippen LogP contribution in [0.25, 0.3) is 16.6 Å². The van der Waals surface area contributed by atoms with Crippen molar-refractivity contribution in [3.8, 4) is 0 Å². The SMILES string of the molecule is CC(C)(C)OC(=O)N1CCC(CNC[C@H]2CC[C@H](c3nnn4cnc5[nH]ccc5c34)CC2)CC1. The number of nitrogens with one attached hydrogen (secondary N) is 2. The van der Waals surface area contributed by atoms with Crippen molar-refractivity contribution in [2.24, 2.45) is 11.8 Å². The summed E-state index contributed by atoms with van der Waals surface area (Å²) in [7, 11) is 0. The Morgan fingerprint density at radius 1 is 1.12 bits per heavy atom. The van der Waals surface area contributed by atoms with Gasteiger partial charge < -0.3 is 19.9 Å². The van der Waals surface area contributed by atoms with Crippen molar-refractivity contribution in [1.82, 2.24) is 35.0 Å². The number of rotatable bonds is 5. The molecule has 1 aliphatic heterocycles. The Morgan fingerprint density at radius 2 is 1.82 bits per heavy atom. The summed E-state index contributed by atoms with van der Waals surface area (Å²) in [5, 5.41) is 13.7. The van der Waals surface area contributed by atoms with Crippen LogP contribution in [-0.4, -0.2) is 67.6 Å². The molecule has 9 nitrogen and oxygen atoms in total. The number of hydrogen-bond donors (Lipinski definition) is 2. The van der Waals surface area contributed by atoms with E-state index in [4.69, 9.17) is 4.74 Å². The van der Waals surface area contributed by atoms with Crippen LogP contribution in [0.2, 0.25) is 0 Å². The summed E-state index contributed by atoms with van der Waals surface area (Å²) in [6, 6.07) is 2.07. The van der Waals surface area contributed by atoms with Crippen molar-refractivity contribution in [2.45, 2.75) is 70.8 Å². The van der Waals surface area contributed by atoms with Crippen LogP contribution in [0.3, 0.4) is 0 Å². The first-order chi connectivity index (χ1) is 16.4. The van der Waals surface area contributed by atoms with Crippen LogP contribution in [0.4, 0.5) is 4.79 Å². The number of hydrogen-bond acceptors (Lipinski definition) is 6. The fourth-order valence-corrected chi connectivity index (χ4v) is 5.47. The quantitative estimate of drug-likeness (QED) is 0.586. The molecular formula is C25H37N7O2. The lowest BCUT2D eigenvalue weighted by Crippen LogP contribution is -2.43. The Labute approximate surface area is 200 Å². The summed E-state index contributed by atoms with van der Waals surface area (Å²) < 4.78 is 7.32. The first-order valence-electron chi connectivity index (χ1n) is 12.7. The standard InChI is InChI=1S/C25H37N7O2/c1-25(2,3)34-24(33)31-12-9-18(10-13-31)15-26-14-17-4-6-19(7-5-17)21-22-20-8-11-27-23(20)28-16-32(22)30-29-21/h8,11,16-19,26-27H,4-7,9-10,12-15H2,1-3H3/t17-,19-. The van der Waals surface area contributed by atoms with E-state index in [1.165, 1.54) is 12.8 Å². The van der Waals surface area contributed by atoms with Crippen molar-refractivity contribution < 1.29 is 9.53 Å². The van der Waals surface area contributed by atoms with Gasteiger partial charge in [-0.2, -0.15) is 0 Å². The second-order valence-electron chi connectivity index (χ2n) is 11.0. The molecule has 9 heteroatoms. The molecule has 2 N–H and O–H groups in total. The first-order valence-corrected chi connectivity index (χ1v) is 12.7. The Morgan fingerprint density at radius 3 is 2.53 bits per heavy atom. The first kappa shape index (κ1) is 23.1. The molecular weight excluding hydrogens is 430 g/mol.